The number of nitrogens with one attached hydrogen (secondary N) is 1. The number of rotatable bonds is 4. The lowest BCUT2D eigenvalue weighted by atomic mass is 10.1. The third-order valence-corrected chi connectivity index (χ3v) is 4.24. The molecule has 2 atom stereocenters. The number of nitrogens with zero attached hydrogens (tertiary/aromatic N) is 1. The van der Waals surface area contributed by atoms with Crippen LogP contribution in [0.25, 0.3) is 0 Å². The van der Waals surface area contributed by atoms with Gasteiger partial charge in [0.1, 0.15) is 0 Å². The Morgan fingerprint density at radius 1 is 1.39 bits per heavy atom. The molecule has 4 heteroatoms. The smallest absolute Gasteiger partial charge is 0.239 e. The molecule has 2 rings (SSSR count). The summed E-state index contributed by atoms with van der Waals surface area (Å²) < 4.78 is 0. The molecule has 98 valence electrons. The van der Waals surface area contributed by atoms with E-state index in [2.05, 4.69) is 42.8 Å². The minimum atomic E-state index is -0.0229. The maximum atomic E-state index is 11.8. The van der Waals surface area contributed by atoms with Gasteiger partial charge in [0, 0.05) is 24.5 Å². The van der Waals surface area contributed by atoms with Crippen molar-refractivity contribution in [3.8, 4) is 0 Å². The largest absolute Gasteiger partial charge is 0.344 e. The monoisotopic (exact) mass is 264 g/mol. The fourth-order valence-corrected chi connectivity index (χ4v) is 2.68. The Hall–Kier alpha value is -1.00. The summed E-state index contributed by atoms with van der Waals surface area (Å²) in [5.41, 5.74) is 1.23. The zero-order chi connectivity index (χ0) is 13.1. The maximum Gasteiger partial charge on any atom is 0.239 e. The van der Waals surface area contributed by atoms with Gasteiger partial charge in [0.05, 0.1) is 6.04 Å². The van der Waals surface area contributed by atoms with Crippen molar-refractivity contribution < 1.29 is 4.79 Å². The van der Waals surface area contributed by atoms with Crippen LogP contribution in [0.2, 0.25) is 0 Å². The first-order valence-corrected chi connectivity index (χ1v) is 7.49. The molecule has 1 saturated heterocycles. The Morgan fingerprint density at radius 2 is 2.06 bits per heavy atom. The van der Waals surface area contributed by atoms with E-state index < -0.39 is 0 Å². The number of thioether (sulfide) groups is 1. The van der Waals surface area contributed by atoms with Crippen molar-refractivity contribution in [2.75, 3.05) is 19.8 Å². The second-order valence-corrected chi connectivity index (χ2v) is 5.64. The summed E-state index contributed by atoms with van der Waals surface area (Å²) in [6.07, 6.45) is 2.98. The fraction of sp³-hybridized carbons (Fsp3) is 0.500. The molecular weight excluding hydrogens is 244 g/mol. The molecule has 1 aromatic rings. The lowest BCUT2D eigenvalue weighted by Gasteiger charge is -2.19. The van der Waals surface area contributed by atoms with Crippen LogP contribution < -0.4 is 5.32 Å². The summed E-state index contributed by atoms with van der Waals surface area (Å²) in [6, 6.07) is 8.70. The van der Waals surface area contributed by atoms with Crippen molar-refractivity contribution in [3.63, 3.8) is 0 Å². The van der Waals surface area contributed by atoms with Crippen LogP contribution in [0.4, 0.5) is 0 Å². The number of hydrogen-bond acceptors (Lipinski definition) is 3. The zero-order valence-electron chi connectivity index (χ0n) is 11.1. The van der Waals surface area contributed by atoms with Crippen molar-refractivity contribution in [3.05, 3.63) is 29.8 Å². The third kappa shape index (κ3) is 2.87. The van der Waals surface area contributed by atoms with E-state index in [4.69, 9.17) is 0 Å². The summed E-state index contributed by atoms with van der Waals surface area (Å²) >= 11 is 1.74. The topological polar surface area (TPSA) is 32.3 Å². The van der Waals surface area contributed by atoms with Gasteiger partial charge in [-0.1, -0.05) is 12.1 Å². The first-order valence-electron chi connectivity index (χ1n) is 6.27. The van der Waals surface area contributed by atoms with Gasteiger partial charge >= 0.3 is 0 Å². The molecule has 1 heterocycles. The van der Waals surface area contributed by atoms with Crippen LogP contribution in [0.5, 0.6) is 0 Å². The molecular formula is C14H20N2OS. The summed E-state index contributed by atoms with van der Waals surface area (Å²) in [5.74, 6) is 0.211. The molecule has 0 aliphatic carbocycles. The number of carbonyl (C=O) groups excluding carboxylic acids is 1. The number of carbonyl (C=O) groups is 1. The normalized spacial score (nSPS) is 21.4. The van der Waals surface area contributed by atoms with Gasteiger partial charge in [-0.2, -0.15) is 0 Å². The van der Waals surface area contributed by atoms with Gasteiger partial charge in [-0.15, -0.1) is 11.8 Å². The highest BCUT2D eigenvalue weighted by Gasteiger charge is 2.29. The Balaban J connectivity index is 1.98. The lowest BCUT2D eigenvalue weighted by molar-refractivity contribution is -0.128. The number of amides is 1. The van der Waals surface area contributed by atoms with Crippen molar-refractivity contribution in [1.82, 2.24) is 10.2 Å². The molecule has 1 aromatic carbocycles. The zero-order valence-corrected chi connectivity index (χ0v) is 12.0. The first kappa shape index (κ1) is 13.4. The molecule has 1 aliphatic rings. The molecule has 0 aromatic heterocycles. The van der Waals surface area contributed by atoms with Crippen molar-refractivity contribution in [2.45, 2.75) is 30.3 Å². The molecule has 0 radical (unpaired) electrons. The summed E-state index contributed by atoms with van der Waals surface area (Å²) in [5, 5.41) is 3.41. The van der Waals surface area contributed by atoms with Crippen LogP contribution in [0.1, 0.15) is 24.9 Å². The van der Waals surface area contributed by atoms with Crippen LogP contribution >= 0.6 is 11.8 Å². The highest BCUT2D eigenvalue weighted by Crippen LogP contribution is 2.20. The van der Waals surface area contributed by atoms with E-state index >= 15 is 0 Å². The molecule has 1 aliphatic heterocycles. The van der Waals surface area contributed by atoms with Gasteiger partial charge < -0.3 is 4.90 Å². The van der Waals surface area contributed by atoms with Gasteiger partial charge in [-0.05, 0) is 37.3 Å². The minimum absolute atomic E-state index is 0.0229. The average Bonchev–Trinajstić information content (AvgIpc) is 2.71. The second-order valence-electron chi connectivity index (χ2n) is 4.76. The van der Waals surface area contributed by atoms with Crippen LogP contribution in [-0.4, -0.2) is 36.7 Å². The molecule has 1 amide bonds. The molecule has 0 bridgehead atoms. The number of likely N-dealkylation sites (N-methyl/N-ethyl adjacent to an activating group) is 1. The predicted molar refractivity (Wildman–Crippen MR) is 75.8 cm³/mol. The maximum absolute atomic E-state index is 11.8. The molecule has 0 spiro atoms. The minimum Gasteiger partial charge on any atom is -0.344 e. The summed E-state index contributed by atoms with van der Waals surface area (Å²) in [7, 11) is 1.86. The van der Waals surface area contributed by atoms with Crippen LogP contribution in [0.15, 0.2) is 29.2 Å². The standard InChI is InChI=1S/C14H20N2OS/c1-10(11-4-6-12(18-3)7-5-11)15-13-8-9-16(2)14(13)17/h4-7,10,13,15H,8-9H2,1-3H3. The van der Waals surface area contributed by atoms with Crippen molar-refractivity contribution in [1.29, 1.82) is 0 Å². The molecule has 1 N–H and O–H groups in total. The number of benzene rings is 1. The van der Waals surface area contributed by atoms with Gasteiger partial charge in [0.2, 0.25) is 5.91 Å². The third-order valence-electron chi connectivity index (χ3n) is 3.49. The first-order chi connectivity index (χ1) is 8.61. The Labute approximate surface area is 113 Å². The average molecular weight is 264 g/mol. The molecule has 0 saturated carbocycles. The van der Waals surface area contributed by atoms with Crippen LogP contribution in [0, 0.1) is 0 Å². The van der Waals surface area contributed by atoms with E-state index in [0.29, 0.717) is 0 Å². The lowest BCUT2D eigenvalue weighted by Crippen LogP contribution is -2.38. The van der Waals surface area contributed by atoms with E-state index in [1.165, 1.54) is 10.5 Å². The van der Waals surface area contributed by atoms with Crippen molar-refractivity contribution in [2.24, 2.45) is 0 Å². The van der Waals surface area contributed by atoms with Crippen LogP contribution in [-0.2, 0) is 4.79 Å². The fourth-order valence-electron chi connectivity index (χ4n) is 2.27. The Kier molecular flexibility index (Phi) is 4.30. The second kappa shape index (κ2) is 5.76. The van der Waals surface area contributed by atoms with Gasteiger partial charge in [0.25, 0.3) is 0 Å². The summed E-state index contributed by atoms with van der Waals surface area (Å²) in [6.45, 7) is 2.97. The quantitative estimate of drug-likeness (QED) is 0.847. The van der Waals surface area contributed by atoms with Crippen LogP contribution in [0.3, 0.4) is 0 Å². The molecule has 1 fully saturated rings. The Morgan fingerprint density at radius 3 is 2.56 bits per heavy atom. The highest BCUT2D eigenvalue weighted by molar-refractivity contribution is 7.98. The molecule has 2 unspecified atom stereocenters. The SMILES string of the molecule is CSc1ccc(C(C)NC2CCN(C)C2=O)cc1. The molecule has 18 heavy (non-hydrogen) atoms. The van der Waals surface area contributed by atoms with E-state index in [0.717, 1.165) is 13.0 Å². The Bertz CT molecular complexity index is 418. The van der Waals surface area contributed by atoms with Crippen molar-refractivity contribution >= 4 is 17.7 Å². The summed E-state index contributed by atoms with van der Waals surface area (Å²) in [4.78, 5) is 14.9. The molecule has 3 nitrogen and oxygen atoms in total. The van der Waals surface area contributed by atoms with Gasteiger partial charge in [-0.3, -0.25) is 10.1 Å². The van der Waals surface area contributed by atoms with E-state index in [1.807, 2.05) is 7.05 Å². The van der Waals surface area contributed by atoms with Gasteiger partial charge in [-0.25, -0.2) is 0 Å². The van der Waals surface area contributed by atoms with E-state index in [9.17, 15) is 4.79 Å². The predicted octanol–water partition coefficient (Wildman–Crippen LogP) is 2.29. The number of hydrogen-bond donors (Lipinski definition) is 1. The van der Waals surface area contributed by atoms with E-state index in [-0.39, 0.29) is 18.0 Å². The van der Waals surface area contributed by atoms with Gasteiger partial charge in [0.15, 0.2) is 0 Å². The number of likely N-dealkylation sites (tertiary alicyclic amines) is 1. The highest BCUT2D eigenvalue weighted by atomic mass is 32.2. The van der Waals surface area contributed by atoms with E-state index in [1.54, 1.807) is 16.7 Å².